The minimum atomic E-state index is -0.354. The Morgan fingerprint density at radius 3 is 2.46 bits per heavy atom. The summed E-state index contributed by atoms with van der Waals surface area (Å²) in [6.07, 6.45) is 1.57. The molecule has 0 bridgehead atoms. The number of methoxy groups -OCH3 is 2. The minimum Gasteiger partial charge on any atom is -0.497 e. The monoisotopic (exact) mass is 350 g/mol. The molecule has 0 unspecified atom stereocenters. The summed E-state index contributed by atoms with van der Waals surface area (Å²) < 4.78 is 16.2. The standard InChI is InChI=1S/C20H18N2O4/c1-24-15-10-11-17(18(13-15)25-2)22-19(23)16-9-6-12-21-20(16)26-14-7-4-3-5-8-14/h3-13H,1-2H3,(H,22,23). The van der Waals surface area contributed by atoms with Crippen molar-refractivity contribution in [2.75, 3.05) is 19.5 Å². The van der Waals surface area contributed by atoms with Crippen molar-refractivity contribution in [1.29, 1.82) is 0 Å². The first-order valence-electron chi connectivity index (χ1n) is 7.92. The Kier molecular flexibility index (Phi) is 5.34. The first-order chi connectivity index (χ1) is 12.7. The number of aromatic nitrogens is 1. The van der Waals surface area contributed by atoms with Gasteiger partial charge in [-0.25, -0.2) is 4.98 Å². The zero-order chi connectivity index (χ0) is 18.4. The molecule has 3 aromatic rings. The summed E-state index contributed by atoms with van der Waals surface area (Å²) in [4.78, 5) is 16.9. The van der Waals surface area contributed by atoms with Gasteiger partial charge in [-0.1, -0.05) is 18.2 Å². The van der Waals surface area contributed by atoms with Gasteiger partial charge in [-0.3, -0.25) is 4.79 Å². The topological polar surface area (TPSA) is 69.7 Å². The molecule has 0 fully saturated rings. The molecule has 1 heterocycles. The first kappa shape index (κ1) is 17.3. The van der Waals surface area contributed by atoms with Gasteiger partial charge in [-0.15, -0.1) is 0 Å². The minimum absolute atomic E-state index is 0.226. The number of ether oxygens (including phenoxy) is 3. The Hall–Kier alpha value is -3.54. The highest BCUT2D eigenvalue weighted by Crippen LogP contribution is 2.30. The normalized spacial score (nSPS) is 10.1. The van der Waals surface area contributed by atoms with E-state index in [1.165, 1.54) is 7.11 Å². The second kappa shape index (κ2) is 8.02. The molecule has 0 radical (unpaired) electrons. The predicted molar refractivity (Wildman–Crippen MR) is 98.3 cm³/mol. The van der Waals surface area contributed by atoms with E-state index in [0.29, 0.717) is 28.5 Å². The van der Waals surface area contributed by atoms with Gasteiger partial charge in [-0.05, 0) is 36.4 Å². The number of hydrogen-bond acceptors (Lipinski definition) is 5. The number of nitrogens with zero attached hydrogens (tertiary/aromatic N) is 1. The molecule has 0 aliphatic heterocycles. The van der Waals surface area contributed by atoms with E-state index < -0.39 is 0 Å². The second-order valence-electron chi connectivity index (χ2n) is 5.29. The fourth-order valence-corrected chi connectivity index (χ4v) is 2.34. The number of amides is 1. The van der Waals surface area contributed by atoms with Gasteiger partial charge >= 0.3 is 0 Å². The molecule has 3 rings (SSSR count). The Balaban J connectivity index is 1.85. The third-order valence-electron chi connectivity index (χ3n) is 3.63. The Morgan fingerprint density at radius 2 is 1.73 bits per heavy atom. The molecule has 132 valence electrons. The van der Waals surface area contributed by atoms with E-state index in [0.717, 1.165) is 0 Å². The molecule has 26 heavy (non-hydrogen) atoms. The lowest BCUT2D eigenvalue weighted by atomic mass is 10.2. The number of benzene rings is 2. The van der Waals surface area contributed by atoms with Crippen LogP contribution in [0.3, 0.4) is 0 Å². The number of pyridine rings is 1. The van der Waals surface area contributed by atoms with Crippen molar-refractivity contribution in [3.8, 4) is 23.1 Å². The molecule has 1 N–H and O–H groups in total. The van der Waals surface area contributed by atoms with Crippen molar-refractivity contribution in [3.05, 3.63) is 72.4 Å². The van der Waals surface area contributed by atoms with Crippen molar-refractivity contribution >= 4 is 11.6 Å². The van der Waals surface area contributed by atoms with Gasteiger partial charge in [0.25, 0.3) is 5.91 Å². The Bertz CT molecular complexity index is 897. The fourth-order valence-electron chi connectivity index (χ4n) is 2.34. The number of nitrogens with one attached hydrogen (secondary N) is 1. The molecule has 0 spiro atoms. The van der Waals surface area contributed by atoms with Crippen LogP contribution in [0.1, 0.15) is 10.4 Å². The molecule has 0 atom stereocenters. The van der Waals surface area contributed by atoms with E-state index in [1.807, 2.05) is 18.2 Å². The van der Waals surface area contributed by atoms with Crippen molar-refractivity contribution < 1.29 is 19.0 Å². The highest BCUT2D eigenvalue weighted by atomic mass is 16.5. The molecule has 2 aromatic carbocycles. The lowest BCUT2D eigenvalue weighted by molar-refractivity contribution is 0.102. The van der Waals surface area contributed by atoms with E-state index in [4.69, 9.17) is 14.2 Å². The molecule has 6 heteroatoms. The smallest absolute Gasteiger partial charge is 0.261 e. The van der Waals surface area contributed by atoms with E-state index >= 15 is 0 Å². The molecule has 6 nitrogen and oxygen atoms in total. The number of para-hydroxylation sites is 1. The average Bonchev–Trinajstić information content (AvgIpc) is 2.69. The molecule has 1 amide bonds. The number of carbonyl (C=O) groups excluding carboxylic acids is 1. The molecule has 0 aliphatic carbocycles. The number of carbonyl (C=O) groups is 1. The maximum Gasteiger partial charge on any atom is 0.261 e. The van der Waals surface area contributed by atoms with Gasteiger partial charge in [0.1, 0.15) is 22.8 Å². The quantitative estimate of drug-likeness (QED) is 0.723. The molecular weight excluding hydrogens is 332 g/mol. The second-order valence-corrected chi connectivity index (χ2v) is 5.29. The summed E-state index contributed by atoms with van der Waals surface area (Å²) in [6, 6.07) is 17.6. The highest BCUT2D eigenvalue weighted by Gasteiger charge is 2.16. The zero-order valence-corrected chi connectivity index (χ0v) is 14.4. The highest BCUT2D eigenvalue weighted by molar-refractivity contribution is 6.06. The van der Waals surface area contributed by atoms with E-state index in [1.54, 1.807) is 55.8 Å². The van der Waals surface area contributed by atoms with Crippen molar-refractivity contribution in [3.63, 3.8) is 0 Å². The van der Waals surface area contributed by atoms with Gasteiger partial charge in [0, 0.05) is 12.3 Å². The van der Waals surface area contributed by atoms with Gasteiger partial charge in [0.15, 0.2) is 0 Å². The van der Waals surface area contributed by atoms with E-state index in [-0.39, 0.29) is 11.8 Å². The van der Waals surface area contributed by atoms with Crippen molar-refractivity contribution in [2.24, 2.45) is 0 Å². The van der Waals surface area contributed by atoms with Crippen LogP contribution in [0, 0.1) is 0 Å². The van der Waals surface area contributed by atoms with Crippen LogP contribution in [0.15, 0.2) is 66.9 Å². The van der Waals surface area contributed by atoms with Crippen LogP contribution < -0.4 is 19.5 Å². The number of anilines is 1. The van der Waals surface area contributed by atoms with Crippen LogP contribution in [0.2, 0.25) is 0 Å². The Labute approximate surface area is 151 Å². The summed E-state index contributed by atoms with van der Waals surface area (Å²) >= 11 is 0. The van der Waals surface area contributed by atoms with Crippen LogP contribution in [-0.2, 0) is 0 Å². The third-order valence-corrected chi connectivity index (χ3v) is 3.63. The zero-order valence-electron chi connectivity index (χ0n) is 14.4. The summed E-state index contributed by atoms with van der Waals surface area (Å²) in [7, 11) is 3.09. The predicted octanol–water partition coefficient (Wildman–Crippen LogP) is 4.14. The third kappa shape index (κ3) is 3.92. The molecule has 0 saturated carbocycles. The lowest BCUT2D eigenvalue weighted by Crippen LogP contribution is -2.14. The SMILES string of the molecule is COc1ccc(NC(=O)c2cccnc2Oc2ccccc2)c(OC)c1. The largest absolute Gasteiger partial charge is 0.497 e. The maximum absolute atomic E-state index is 12.7. The summed E-state index contributed by atoms with van der Waals surface area (Å²) in [5.74, 6) is 1.60. The Morgan fingerprint density at radius 1 is 0.923 bits per heavy atom. The van der Waals surface area contributed by atoms with E-state index in [9.17, 15) is 4.79 Å². The summed E-state index contributed by atoms with van der Waals surface area (Å²) in [6.45, 7) is 0. The molecular formula is C20H18N2O4. The van der Waals surface area contributed by atoms with Gasteiger partial charge < -0.3 is 19.5 Å². The average molecular weight is 350 g/mol. The van der Waals surface area contributed by atoms with Crippen molar-refractivity contribution in [2.45, 2.75) is 0 Å². The van der Waals surface area contributed by atoms with Crippen LogP contribution in [0.4, 0.5) is 5.69 Å². The van der Waals surface area contributed by atoms with Crippen LogP contribution in [0.5, 0.6) is 23.1 Å². The van der Waals surface area contributed by atoms with E-state index in [2.05, 4.69) is 10.3 Å². The van der Waals surface area contributed by atoms with Crippen LogP contribution in [0.25, 0.3) is 0 Å². The molecule has 0 aliphatic rings. The van der Waals surface area contributed by atoms with Gasteiger partial charge in [0.2, 0.25) is 5.88 Å². The summed E-state index contributed by atoms with van der Waals surface area (Å²) in [5.41, 5.74) is 0.835. The number of rotatable bonds is 6. The van der Waals surface area contributed by atoms with Crippen molar-refractivity contribution in [1.82, 2.24) is 4.98 Å². The lowest BCUT2D eigenvalue weighted by Gasteiger charge is -2.13. The molecule has 0 saturated heterocycles. The fraction of sp³-hybridized carbons (Fsp3) is 0.100. The van der Waals surface area contributed by atoms with Gasteiger partial charge in [-0.2, -0.15) is 0 Å². The first-order valence-corrected chi connectivity index (χ1v) is 7.92. The van der Waals surface area contributed by atoms with Crippen LogP contribution >= 0.6 is 0 Å². The van der Waals surface area contributed by atoms with Gasteiger partial charge in [0.05, 0.1) is 19.9 Å². The number of hydrogen-bond donors (Lipinski definition) is 1. The molecule has 1 aromatic heterocycles. The maximum atomic E-state index is 12.7. The van der Waals surface area contributed by atoms with Crippen LogP contribution in [-0.4, -0.2) is 25.1 Å². The summed E-state index contributed by atoms with van der Waals surface area (Å²) in [5, 5.41) is 2.82.